The molecule has 0 heterocycles. The molecular formula is C16H25N3O2. The van der Waals surface area contributed by atoms with Gasteiger partial charge in [0.15, 0.2) is 17.5 Å². The molecule has 0 aromatic heterocycles. The molecule has 1 fully saturated rings. The Morgan fingerprint density at radius 1 is 1.38 bits per heavy atom. The van der Waals surface area contributed by atoms with Crippen LogP contribution in [-0.4, -0.2) is 32.8 Å². The number of aliphatic imine (C=N–C) groups is 1. The zero-order valence-electron chi connectivity index (χ0n) is 13.3. The predicted molar refractivity (Wildman–Crippen MR) is 85.1 cm³/mol. The van der Waals surface area contributed by atoms with E-state index in [1.807, 2.05) is 25.1 Å². The maximum atomic E-state index is 5.52. The normalized spacial score (nSPS) is 20.9. The lowest BCUT2D eigenvalue weighted by Crippen LogP contribution is -2.38. The molecule has 1 aromatic carbocycles. The number of hydrogen-bond acceptors (Lipinski definition) is 3. The Morgan fingerprint density at radius 2 is 2.14 bits per heavy atom. The van der Waals surface area contributed by atoms with Crippen molar-refractivity contribution in [1.29, 1.82) is 0 Å². The zero-order chi connectivity index (χ0) is 15.2. The van der Waals surface area contributed by atoms with Crippen molar-refractivity contribution in [1.82, 2.24) is 10.6 Å². The minimum absolute atomic E-state index is 0.561. The summed E-state index contributed by atoms with van der Waals surface area (Å²) in [4.78, 5) is 4.25. The second kappa shape index (κ2) is 7.20. The molecule has 0 radical (unpaired) electrons. The molecule has 2 atom stereocenters. The van der Waals surface area contributed by atoms with Gasteiger partial charge < -0.3 is 20.1 Å². The molecular weight excluding hydrogens is 266 g/mol. The predicted octanol–water partition coefficient (Wildman–Crippen LogP) is 2.17. The topological polar surface area (TPSA) is 54.9 Å². The molecule has 0 bridgehead atoms. The molecule has 0 saturated heterocycles. The van der Waals surface area contributed by atoms with Gasteiger partial charge in [-0.15, -0.1) is 0 Å². The van der Waals surface area contributed by atoms with Gasteiger partial charge in [0.05, 0.1) is 13.7 Å². The van der Waals surface area contributed by atoms with Crippen molar-refractivity contribution in [3.8, 4) is 11.5 Å². The van der Waals surface area contributed by atoms with Gasteiger partial charge >= 0.3 is 0 Å². The fraction of sp³-hybridized carbons (Fsp3) is 0.562. The highest BCUT2D eigenvalue weighted by molar-refractivity contribution is 5.80. The molecule has 1 aromatic rings. The fourth-order valence-electron chi connectivity index (χ4n) is 2.18. The minimum atomic E-state index is 0.561. The summed E-state index contributed by atoms with van der Waals surface area (Å²) < 4.78 is 10.9. The Kier molecular flexibility index (Phi) is 5.31. The molecule has 116 valence electrons. The van der Waals surface area contributed by atoms with E-state index in [9.17, 15) is 0 Å². The average Bonchev–Trinajstić information content (AvgIpc) is 3.20. The number of nitrogens with zero attached hydrogens (tertiary/aromatic N) is 1. The molecule has 1 aliphatic rings. The van der Waals surface area contributed by atoms with E-state index >= 15 is 0 Å². The first-order valence-corrected chi connectivity index (χ1v) is 7.44. The molecule has 0 spiro atoms. The molecule has 1 aliphatic carbocycles. The third kappa shape index (κ3) is 4.28. The highest BCUT2D eigenvalue weighted by Gasteiger charge is 2.33. The number of hydrogen-bond donors (Lipinski definition) is 2. The summed E-state index contributed by atoms with van der Waals surface area (Å²) in [6, 6.07) is 6.53. The summed E-state index contributed by atoms with van der Waals surface area (Å²) in [7, 11) is 3.45. The van der Waals surface area contributed by atoms with Crippen molar-refractivity contribution in [3.05, 3.63) is 23.8 Å². The van der Waals surface area contributed by atoms with Crippen LogP contribution in [0.4, 0.5) is 0 Å². The van der Waals surface area contributed by atoms with Gasteiger partial charge in [0.25, 0.3) is 0 Å². The van der Waals surface area contributed by atoms with Gasteiger partial charge in [-0.3, -0.25) is 4.99 Å². The van der Waals surface area contributed by atoms with E-state index in [4.69, 9.17) is 9.47 Å². The molecule has 2 N–H and O–H groups in total. The Morgan fingerprint density at radius 3 is 2.71 bits per heavy atom. The lowest BCUT2D eigenvalue weighted by molar-refractivity contribution is 0.310. The first-order valence-electron chi connectivity index (χ1n) is 7.44. The first-order chi connectivity index (χ1) is 10.2. The quantitative estimate of drug-likeness (QED) is 0.623. The van der Waals surface area contributed by atoms with Crippen LogP contribution >= 0.6 is 0 Å². The Bertz CT molecular complexity index is 502. The second-order valence-electron chi connectivity index (χ2n) is 5.31. The van der Waals surface area contributed by atoms with Crippen LogP contribution in [0.3, 0.4) is 0 Å². The Hall–Kier alpha value is -1.91. The number of ether oxygens (including phenoxy) is 2. The number of methoxy groups -OCH3 is 1. The first kappa shape index (κ1) is 15.5. The third-order valence-electron chi connectivity index (χ3n) is 3.64. The van der Waals surface area contributed by atoms with Crippen LogP contribution < -0.4 is 20.1 Å². The maximum absolute atomic E-state index is 5.52. The van der Waals surface area contributed by atoms with Crippen LogP contribution in [0.5, 0.6) is 11.5 Å². The van der Waals surface area contributed by atoms with Gasteiger partial charge in [0.1, 0.15) is 0 Å². The van der Waals surface area contributed by atoms with Crippen LogP contribution in [-0.2, 0) is 6.54 Å². The summed E-state index contributed by atoms with van der Waals surface area (Å²) in [5, 5.41) is 6.73. The summed E-state index contributed by atoms with van der Waals surface area (Å²) >= 11 is 0. The van der Waals surface area contributed by atoms with Crippen LogP contribution in [0, 0.1) is 5.92 Å². The van der Waals surface area contributed by atoms with Crippen LogP contribution in [0.2, 0.25) is 0 Å². The number of guanidine groups is 1. The molecule has 0 aliphatic heterocycles. The molecule has 0 amide bonds. The highest BCUT2D eigenvalue weighted by atomic mass is 16.5. The van der Waals surface area contributed by atoms with Gasteiger partial charge in [0, 0.05) is 19.6 Å². The van der Waals surface area contributed by atoms with Gasteiger partial charge in [-0.1, -0.05) is 13.0 Å². The molecule has 2 rings (SSSR count). The molecule has 5 nitrogen and oxygen atoms in total. The van der Waals surface area contributed by atoms with E-state index < -0.39 is 0 Å². The lowest BCUT2D eigenvalue weighted by atomic mass is 10.2. The van der Waals surface area contributed by atoms with Gasteiger partial charge in [-0.05, 0) is 37.0 Å². The summed E-state index contributed by atoms with van der Waals surface area (Å²) in [6.45, 7) is 5.53. The van der Waals surface area contributed by atoms with E-state index in [0.29, 0.717) is 19.2 Å². The monoisotopic (exact) mass is 291 g/mol. The fourth-order valence-corrected chi connectivity index (χ4v) is 2.18. The number of benzene rings is 1. The van der Waals surface area contributed by atoms with E-state index in [1.54, 1.807) is 14.2 Å². The minimum Gasteiger partial charge on any atom is -0.493 e. The second-order valence-corrected chi connectivity index (χ2v) is 5.31. The SMILES string of the molecule is CCOc1ccc(CNC(=NC)NC2CC2C)cc1OC. The number of nitrogens with one attached hydrogen (secondary N) is 2. The van der Waals surface area contributed by atoms with Gasteiger partial charge in [-0.2, -0.15) is 0 Å². The summed E-state index contributed by atoms with van der Waals surface area (Å²) in [6.07, 6.45) is 1.22. The van der Waals surface area contributed by atoms with Gasteiger partial charge in [0.2, 0.25) is 0 Å². The van der Waals surface area contributed by atoms with E-state index in [1.165, 1.54) is 6.42 Å². The van der Waals surface area contributed by atoms with Crippen molar-refractivity contribution in [2.24, 2.45) is 10.9 Å². The van der Waals surface area contributed by atoms with Crippen LogP contribution in [0.1, 0.15) is 25.8 Å². The van der Waals surface area contributed by atoms with Gasteiger partial charge in [-0.25, -0.2) is 0 Å². The largest absolute Gasteiger partial charge is 0.493 e. The smallest absolute Gasteiger partial charge is 0.191 e. The molecule has 5 heteroatoms. The Balaban J connectivity index is 1.92. The molecule has 21 heavy (non-hydrogen) atoms. The van der Waals surface area contributed by atoms with Crippen molar-refractivity contribution in [2.75, 3.05) is 20.8 Å². The average molecular weight is 291 g/mol. The maximum Gasteiger partial charge on any atom is 0.191 e. The van der Waals surface area contributed by atoms with E-state index in [2.05, 4.69) is 22.5 Å². The number of rotatable bonds is 6. The van der Waals surface area contributed by atoms with E-state index in [0.717, 1.165) is 28.9 Å². The molecule has 1 saturated carbocycles. The summed E-state index contributed by atoms with van der Waals surface area (Å²) in [5.74, 6) is 3.12. The lowest BCUT2D eigenvalue weighted by Gasteiger charge is -2.14. The van der Waals surface area contributed by atoms with Crippen LogP contribution in [0.15, 0.2) is 23.2 Å². The van der Waals surface area contributed by atoms with E-state index in [-0.39, 0.29) is 0 Å². The van der Waals surface area contributed by atoms with Crippen molar-refractivity contribution in [2.45, 2.75) is 32.9 Å². The van der Waals surface area contributed by atoms with Crippen molar-refractivity contribution < 1.29 is 9.47 Å². The van der Waals surface area contributed by atoms with Crippen LogP contribution in [0.25, 0.3) is 0 Å². The van der Waals surface area contributed by atoms with Crippen molar-refractivity contribution >= 4 is 5.96 Å². The Labute approximate surface area is 126 Å². The highest BCUT2D eigenvalue weighted by Crippen LogP contribution is 2.29. The standard InChI is InChI=1S/C16H25N3O2/c1-5-21-14-7-6-12(9-15(14)20-4)10-18-16(17-3)19-13-8-11(13)2/h6-7,9,11,13H,5,8,10H2,1-4H3,(H2,17,18,19). The molecule has 2 unspecified atom stereocenters. The zero-order valence-corrected chi connectivity index (χ0v) is 13.3. The van der Waals surface area contributed by atoms with Crippen molar-refractivity contribution in [3.63, 3.8) is 0 Å². The third-order valence-corrected chi connectivity index (χ3v) is 3.64. The summed E-state index contributed by atoms with van der Waals surface area (Å²) in [5.41, 5.74) is 1.13.